The maximum Gasteiger partial charge on any atom is 0.251 e. The number of ether oxygens (including phenoxy) is 1. The molecular weight excluding hydrogens is 264 g/mol. The largest absolute Gasteiger partial charge is 0.497 e. The molecule has 2 aromatic carbocycles. The summed E-state index contributed by atoms with van der Waals surface area (Å²) in [6.45, 7) is 0. The summed E-state index contributed by atoms with van der Waals surface area (Å²) < 4.78 is 5.15. The monoisotopic (exact) mass is 282 g/mol. The van der Waals surface area contributed by atoms with Gasteiger partial charge in [-0.1, -0.05) is 12.1 Å². The lowest BCUT2D eigenvalue weighted by atomic mass is 10.1. The number of fused-ring (bicyclic) bond motifs is 1. The van der Waals surface area contributed by atoms with E-state index in [0.29, 0.717) is 11.3 Å². The smallest absolute Gasteiger partial charge is 0.251 e. The van der Waals surface area contributed by atoms with Crippen LogP contribution in [0.3, 0.4) is 0 Å². The summed E-state index contributed by atoms with van der Waals surface area (Å²) in [4.78, 5) is 12.4. The van der Waals surface area contributed by atoms with Crippen LogP contribution < -0.4 is 15.8 Å². The van der Waals surface area contributed by atoms with Crippen molar-refractivity contribution in [2.24, 2.45) is 0 Å². The molecule has 0 bridgehead atoms. The number of nitrogens with one attached hydrogen (secondary N) is 1. The van der Waals surface area contributed by atoms with Gasteiger partial charge in [-0.2, -0.15) is 0 Å². The van der Waals surface area contributed by atoms with Gasteiger partial charge >= 0.3 is 0 Å². The first kappa shape index (κ1) is 13.5. The van der Waals surface area contributed by atoms with E-state index in [4.69, 9.17) is 10.5 Å². The Bertz CT molecular complexity index is 682. The molecule has 0 saturated heterocycles. The van der Waals surface area contributed by atoms with Gasteiger partial charge in [-0.05, 0) is 54.3 Å². The molecule has 1 amide bonds. The minimum absolute atomic E-state index is 0.0549. The molecule has 4 nitrogen and oxygen atoms in total. The van der Waals surface area contributed by atoms with Gasteiger partial charge in [0.25, 0.3) is 5.91 Å². The van der Waals surface area contributed by atoms with Crippen LogP contribution in [-0.2, 0) is 6.42 Å². The first-order valence-corrected chi connectivity index (χ1v) is 7.00. The molecule has 2 aromatic rings. The van der Waals surface area contributed by atoms with Crippen molar-refractivity contribution in [1.82, 2.24) is 5.32 Å². The molecule has 0 radical (unpaired) electrons. The van der Waals surface area contributed by atoms with Crippen molar-refractivity contribution >= 4 is 11.6 Å². The van der Waals surface area contributed by atoms with E-state index < -0.39 is 0 Å². The Kier molecular flexibility index (Phi) is 3.52. The third-order valence-electron chi connectivity index (χ3n) is 3.88. The van der Waals surface area contributed by atoms with Gasteiger partial charge in [0, 0.05) is 11.3 Å². The lowest BCUT2D eigenvalue weighted by molar-refractivity contribution is 0.0936. The highest BCUT2D eigenvalue weighted by Gasteiger charge is 2.24. The van der Waals surface area contributed by atoms with Crippen molar-refractivity contribution in [3.63, 3.8) is 0 Å². The molecule has 0 saturated carbocycles. The number of carbonyl (C=O) groups excluding carboxylic acids is 1. The van der Waals surface area contributed by atoms with Gasteiger partial charge in [-0.25, -0.2) is 0 Å². The number of aryl methyl sites for hydroxylation is 1. The lowest BCUT2D eigenvalue weighted by Crippen LogP contribution is -2.27. The van der Waals surface area contributed by atoms with Crippen LogP contribution in [0.1, 0.15) is 33.9 Å². The summed E-state index contributed by atoms with van der Waals surface area (Å²) in [6.07, 6.45) is 1.86. The molecule has 21 heavy (non-hydrogen) atoms. The number of hydrogen-bond acceptors (Lipinski definition) is 3. The van der Waals surface area contributed by atoms with E-state index in [9.17, 15) is 4.79 Å². The zero-order chi connectivity index (χ0) is 14.8. The second kappa shape index (κ2) is 5.48. The Morgan fingerprint density at radius 3 is 2.95 bits per heavy atom. The third kappa shape index (κ3) is 2.70. The van der Waals surface area contributed by atoms with Crippen molar-refractivity contribution in [3.8, 4) is 5.75 Å². The number of amides is 1. The fourth-order valence-corrected chi connectivity index (χ4v) is 2.79. The molecule has 1 atom stereocenters. The number of nitrogens with two attached hydrogens (primary N) is 1. The predicted octanol–water partition coefficient (Wildman–Crippen LogP) is 2.69. The molecule has 1 unspecified atom stereocenters. The maximum absolute atomic E-state index is 12.4. The standard InChI is InChI=1S/C17H18N2O2/c1-21-14-4-2-3-12(10-14)17(20)19-16-8-5-11-9-13(18)6-7-15(11)16/h2-4,6-7,9-10,16H,5,8,18H2,1H3,(H,19,20). The normalized spacial score (nSPS) is 16.3. The van der Waals surface area contributed by atoms with Crippen LogP contribution in [0.2, 0.25) is 0 Å². The van der Waals surface area contributed by atoms with Crippen LogP contribution >= 0.6 is 0 Å². The van der Waals surface area contributed by atoms with Crippen LogP contribution in [0.15, 0.2) is 42.5 Å². The number of rotatable bonds is 3. The molecule has 4 heteroatoms. The van der Waals surface area contributed by atoms with Crippen LogP contribution in [0.4, 0.5) is 5.69 Å². The van der Waals surface area contributed by atoms with E-state index in [2.05, 4.69) is 5.32 Å². The van der Waals surface area contributed by atoms with E-state index >= 15 is 0 Å². The number of carbonyl (C=O) groups is 1. The topological polar surface area (TPSA) is 64.3 Å². The number of benzene rings is 2. The average Bonchev–Trinajstić information content (AvgIpc) is 2.89. The minimum Gasteiger partial charge on any atom is -0.497 e. The summed E-state index contributed by atoms with van der Waals surface area (Å²) in [5.41, 5.74) is 9.58. The van der Waals surface area contributed by atoms with Crippen LogP contribution in [0.25, 0.3) is 0 Å². The molecule has 1 aliphatic rings. The van der Waals surface area contributed by atoms with Gasteiger partial charge in [0.05, 0.1) is 13.2 Å². The summed E-state index contributed by atoms with van der Waals surface area (Å²) in [6, 6.07) is 13.1. The average molecular weight is 282 g/mol. The van der Waals surface area contributed by atoms with E-state index in [1.807, 2.05) is 30.3 Å². The number of nitrogen functional groups attached to an aromatic ring is 1. The fraction of sp³-hybridized carbons (Fsp3) is 0.235. The lowest BCUT2D eigenvalue weighted by Gasteiger charge is -2.14. The van der Waals surface area contributed by atoms with Crippen molar-refractivity contribution in [2.45, 2.75) is 18.9 Å². The van der Waals surface area contributed by atoms with Crippen molar-refractivity contribution in [3.05, 3.63) is 59.2 Å². The van der Waals surface area contributed by atoms with Gasteiger partial charge < -0.3 is 15.8 Å². The Labute approximate surface area is 123 Å². The quantitative estimate of drug-likeness (QED) is 0.851. The SMILES string of the molecule is COc1cccc(C(=O)NC2CCc3cc(N)ccc32)c1. The molecule has 0 spiro atoms. The number of anilines is 1. The van der Waals surface area contributed by atoms with Gasteiger partial charge in [-0.3, -0.25) is 4.79 Å². The Morgan fingerprint density at radius 2 is 2.14 bits per heavy atom. The molecule has 3 N–H and O–H groups in total. The van der Waals surface area contributed by atoms with E-state index in [-0.39, 0.29) is 11.9 Å². The summed E-state index contributed by atoms with van der Waals surface area (Å²) in [5, 5.41) is 3.09. The number of hydrogen-bond donors (Lipinski definition) is 2. The highest BCUT2D eigenvalue weighted by Crippen LogP contribution is 2.32. The second-order valence-corrected chi connectivity index (χ2v) is 5.25. The van der Waals surface area contributed by atoms with Crippen molar-refractivity contribution < 1.29 is 9.53 Å². The molecule has 0 heterocycles. The Hall–Kier alpha value is -2.49. The molecular formula is C17H18N2O2. The summed E-state index contributed by atoms with van der Waals surface area (Å²) in [7, 11) is 1.59. The highest BCUT2D eigenvalue weighted by atomic mass is 16.5. The van der Waals surface area contributed by atoms with Crippen molar-refractivity contribution in [1.29, 1.82) is 0 Å². The van der Waals surface area contributed by atoms with Crippen LogP contribution in [0.5, 0.6) is 5.75 Å². The summed E-state index contributed by atoms with van der Waals surface area (Å²) >= 11 is 0. The molecule has 0 aromatic heterocycles. The zero-order valence-electron chi connectivity index (χ0n) is 11.9. The highest BCUT2D eigenvalue weighted by molar-refractivity contribution is 5.94. The Balaban J connectivity index is 1.77. The van der Waals surface area contributed by atoms with E-state index in [1.54, 1.807) is 19.2 Å². The third-order valence-corrected chi connectivity index (χ3v) is 3.88. The maximum atomic E-state index is 12.4. The van der Waals surface area contributed by atoms with Gasteiger partial charge in [0.2, 0.25) is 0 Å². The van der Waals surface area contributed by atoms with Crippen molar-refractivity contribution in [2.75, 3.05) is 12.8 Å². The number of methoxy groups -OCH3 is 1. The van der Waals surface area contributed by atoms with Crippen LogP contribution in [0, 0.1) is 0 Å². The Morgan fingerprint density at radius 1 is 1.29 bits per heavy atom. The fourth-order valence-electron chi connectivity index (χ4n) is 2.79. The van der Waals surface area contributed by atoms with E-state index in [0.717, 1.165) is 18.5 Å². The first-order valence-electron chi connectivity index (χ1n) is 7.00. The first-order chi connectivity index (χ1) is 10.2. The molecule has 3 rings (SSSR count). The molecule has 108 valence electrons. The zero-order valence-corrected chi connectivity index (χ0v) is 11.9. The summed E-state index contributed by atoms with van der Waals surface area (Å²) in [5.74, 6) is 0.603. The molecule has 1 aliphatic carbocycles. The molecule has 0 aliphatic heterocycles. The minimum atomic E-state index is -0.0800. The molecule has 0 fully saturated rings. The second-order valence-electron chi connectivity index (χ2n) is 5.25. The van der Waals surface area contributed by atoms with Gasteiger partial charge in [0.15, 0.2) is 0 Å². The predicted molar refractivity (Wildman–Crippen MR) is 82.4 cm³/mol. The van der Waals surface area contributed by atoms with E-state index in [1.165, 1.54) is 11.1 Å². The van der Waals surface area contributed by atoms with Gasteiger partial charge in [-0.15, -0.1) is 0 Å². The van der Waals surface area contributed by atoms with Crippen LogP contribution in [-0.4, -0.2) is 13.0 Å². The van der Waals surface area contributed by atoms with Gasteiger partial charge in [0.1, 0.15) is 5.75 Å².